The summed E-state index contributed by atoms with van der Waals surface area (Å²) in [5.41, 5.74) is 2.22. The van der Waals surface area contributed by atoms with Gasteiger partial charge in [0.25, 0.3) is 0 Å². The maximum absolute atomic E-state index is 11.9. The molecule has 0 unspecified atom stereocenters. The first-order valence-corrected chi connectivity index (χ1v) is 7.67. The van der Waals surface area contributed by atoms with Crippen molar-refractivity contribution in [3.63, 3.8) is 0 Å². The first kappa shape index (κ1) is 16.0. The fourth-order valence-corrected chi connectivity index (χ4v) is 2.47. The number of carbonyl (C=O) groups is 2. The van der Waals surface area contributed by atoms with Crippen molar-refractivity contribution in [2.45, 2.75) is 33.6 Å². The van der Waals surface area contributed by atoms with Crippen LogP contribution in [0.25, 0.3) is 10.9 Å². The lowest BCUT2D eigenvalue weighted by Gasteiger charge is -2.24. The minimum atomic E-state index is -0.402. The van der Waals surface area contributed by atoms with Crippen molar-refractivity contribution in [3.05, 3.63) is 23.8 Å². The lowest BCUT2D eigenvalue weighted by Crippen LogP contribution is -2.49. The number of anilines is 1. The quantitative estimate of drug-likeness (QED) is 0.927. The number of nitrogens with zero attached hydrogens (tertiary/aromatic N) is 3. The predicted molar refractivity (Wildman–Crippen MR) is 86.9 cm³/mol. The molecule has 0 spiro atoms. The third-order valence-electron chi connectivity index (χ3n) is 3.61. The Kier molecular flexibility index (Phi) is 4.80. The van der Waals surface area contributed by atoms with Crippen molar-refractivity contribution in [1.82, 2.24) is 15.1 Å². The normalized spacial score (nSPS) is 14.6. The van der Waals surface area contributed by atoms with Gasteiger partial charge in [0.2, 0.25) is 5.91 Å². The Hall–Kier alpha value is -2.37. The van der Waals surface area contributed by atoms with E-state index < -0.39 is 6.03 Å². The highest BCUT2D eigenvalue weighted by atomic mass is 16.2. The fraction of sp³-hybridized carbons (Fsp3) is 0.438. The van der Waals surface area contributed by atoms with Gasteiger partial charge in [0, 0.05) is 25.4 Å². The molecule has 2 aromatic rings. The van der Waals surface area contributed by atoms with Crippen LogP contribution in [-0.2, 0) is 18.3 Å². The van der Waals surface area contributed by atoms with Crippen LogP contribution in [0.3, 0.4) is 0 Å². The number of amides is 3. The first-order valence-electron chi connectivity index (χ1n) is 7.67. The highest BCUT2D eigenvalue weighted by Crippen LogP contribution is 2.27. The number of nitrogens with one attached hydrogen (secondary N) is 1. The second-order valence-corrected chi connectivity index (χ2v) is 4.91. The lowest BCUT2D eigenvalue weighted by atomic mass is 10.1. The van der Waals surface area contributed by atoms with Gasteiger partial charge in [-0.25, -0.2) is 4.79 Å². The average Bonchev–Trinajstić information content (AvgIpc) is 2.85. The third kappa shape index (κ3) is 2.81. The summed E-state index contributed by atoms with van der Waals surface area (Å²) in [6.45, 7) is 6.47. The molecule has 1 fully saturated rings. The number of hydrogen-bond donors (Lipinski definition) is 1. The summed E-state index contributed by atoms with van der Waals surface area (Å²) >= 11 is 0. The highest BCUT2D eigenvalue weighted by Gasteiger charge is 2.27. The van der Waals surface area contributed by atoms with Crippen LogP contribution in [0.15, 0.2) is 18.2 Å². The topological polar surface area (TPSA) is 67.2 Å². The van der Waals surface area contributed by atoms with Gasteiger partial charge in [0.05, 0.1) is 5.52 Å². The van der Waals surface area contributed by atoms with E-state index in [-0.39, 0.29) is 5.91 Å². The molecule has 2 heterocycles. The van der Waals surface area contributed by atoms with Crippen molar-refractivity contribution in [1.29, 1.82) is 0 Å². The largest absolute Gasteiger partial charge is 0.329 e. The van der Waals surface area contributed by atoms with Gasteiger partial charge in [0.15, 0.2) is 5.82 Å². The molecule has 0 bridgehead atoms. The molecule has 1 aliphatic heterocycles. The van der Waals surface area contributed by atoms with E-state index in [0.717, 1.165) is 17.3 Å². The van der Waals surface area contributed by atoms with E-state index in [1.54, 1.807) is 4.68 Å². The van der Waals surface area contributed by atoms with Gasteiger partial charge in [-0.15, -0.1) is 0 Å². The molecule has 0 radical (unpaired) electrons. The summed E-state index contributed by atoms with van der Waals surface area (Å²) in [7, 11) is 1.86. The van der Waals surface area contributed by atoms with Crippen LogP contribution < -0.4 is 10.2 Å². The van der Waals surface area contributed by atoms with E-state index in [4.69, 9.17) is 0 Å². The van der Waals surface area contributed by atoms with E-state index >= 15 is 0 Å². The number of hydrogen-bond acceptors (Lipinski definition) is 3. The van der Waals surface area contributed by atoms with E-state index in [1.165, 1.54) is 10.5 Å². The first-order chi connectivity index (χ1) is 10.6. The Morgan fingerprint density at radius 2 is 2.00 bits per heavy atom. The number of rotatable bonds is 2. The number of fused-ring (bicyclic) bond motifs is 1. The molecule has 1 aromatic heterocycles. The summed E-state index contributed by atoms with van der Waals surface area (Å²) in [5.74, 6) is 0.370. The number of urea groups is 1. The van der Waals surface area contributed by atoms with Crippen molar-refractivity contribution in [2.24, 2.45) is 7.05 Å². The molecule has 1 aliphatic rings. The van der Waals surface area contributed by atoms with Crippen LogP contribution in [0.5, 0.6) is 0 Å². The predicted octanol–water partition coefficient (Wildman–Crippen LogP) is 2.61. The van der Waals surface area contributed by atoms with Crippen LogP contribution in [0.2, 0.25) is 0 Å². The lowest BCUT2D eigenvalue weighted by molar-refractivity contribution is -0.120. The zero-order valence-corrected chi connectivity index (χ0v) is 13.5. The molecule has 1 saturated heterocycles. The monoisotopic (exact) mass is 302 g/mol. The number of aromatic nitrogens is 2. The molecule has 118 valence electrons. The van der Waals surface area contributed by atoms with Gasteiger partial charge in [-0.1, -0.05) is 26.8 Å². The maximum Gasteiger partial charge on any atom is 0.329 e. The molecule has 0 atom stereocenters. The van der Waals surface area contributed by atoms with Crippen molar-refractivity contribution >= 4 is 28.7 Å². The molecular weight excluding hydrogens is 280 g/mol. The van der Waals surface area contributed by atoms with Crippen LogP contribution in [0, 0.1) is 0 Å². The SMILES string of the molecule is CC.CCc1ccc2c(N3CCC(=O)NC3=O)nn(C)c2c1. The summed E-state index contributed by atoms with van der Waals surface area (Å²) in [6, 6.07) is 5.71. The third-order valence-corrected chi connectivity index (χ3v) is 3.61. The maximum atomic E-state index is 11.9. The minimum Gasteiger partial charge on any atom is -0.278 e. The Morgan fingerprint density at radius 1 is 1.27 bits per heavy atom. The van der Waals surface area contributed by atoms with Gasteiger partial charge in [-0.2, -0.15) is 5.10 Å². The Balaban J connectivity index is 0.000000847. The number of carbonyl (C=O) groups excluding carboxylic acids is 2. The van der Waals surface area contributed by atoms with Crippen molar-refractivity contribution < 1.29 is 9.59 Å². The molecule has 6 heteroatoms. The molecule has 3 amide bonds. The zero-order valence-electron chi connectivity index (χ0n) is 13.5. The minimum absolute atomic E-state index is 0.236. The summed E-state index contributed by atoms with van der Waals surface area (Å²) < 4.78 is 1.77. The second kappa shape index (κ2) is 6.60. The Labute approximate surface area is 130 Å². The number of aryl methyl sites for hydroxylation is 2. The standard InChI is InChI=1S/C14H16N4O2.C2H6/c1-3-9-4-5-10-11(8-9)17(2)16-13(10)18-7-6-12(19)15-14(18)20;1-2/h4-5,8H,3,6-7H2,1-2H3,(H,15,19,20);1-2H3. The molecule has 0 saturated carbocycles. The van der Waals surface area contributed by atoms with Crippen molar-refractivity contribution in [2.75, 3.05) is 11.4 Å². The van der Waals surface area contributed by atoms with Crippen molar-refractivity contribution in [3.8, 4) is 0 Å². The number of benzene rings is 1. The summed E-state index contributed by atoms with van der Waals surface area (Å²) in [5, 5.41) is 7.68. The van der Waals surface area contributed by atoms with Gasteiger partial charge in [-0.05, 0) is 24.1 Å². The highest BCUT2D eigenvalue weighted by molar-refractivity contribution is 6.08. The van der Waals surface area contributed by atoms with Gasteiger partial charge >= 0.3 is 6.03 Å². The molecule has 6 nitrogen and oxygen atoms in total. The summed E-state index contributed by atoms with van der Waals surface area (Å²) in [6.07, 6.45) is 1.26. The average molecular weight is 302 g/mol. The van der Waals surface area contributed by atoms with Crippen LogP contribution >= 0.6 is 0 Å². The molecule has 1 N–H and O–H groups in total. The summed E-state index contributed by atoms with van der Waals surface area (Å²) in [4.78, 5) is 24.7. The molecule has 0 aliphatic carbocycles. The van der Waals surface area contributed by atoms with E-state index in [9.17, 15) is 9.59 Å². The van der Waals surface area contributed by atoms with Gasteiger partial charge < -0.3 is 0 Å². The zero-order chi connectivity index (χ0) is 16.3. The molecular formula is C16H22N4O2. The van der Waals surface area contributed by atoms with E-state index in [0.29, 0.717) is 18.8 Å². The molecule has 1 aromatic carbocycles. The van der Waals surface area contributed by atoms with E-state index in [2.05, 4.69) is 23.4 Å². The van der Waals surface area contributed by atoms with E-state index in [1.807, 2.05) is 33.0 Å². The van der Waals surface area contributed by atoms with Crippen LogP contribution in [-0.4, -0.2) is 28.3 Å². The van der Waals surface area contributed by atoms with Crippen LogP contribution in [0.1, 0.15) is 32.8 Å². The Bertz CT molecular complexity index is 705. The number of imide groups is 1. The Morgan fingerprint density at radius 3 is 2.64 bits per heavy atom. The van der Waals surface area contributed by atoms with Crippen LogP contribution in [0.4, 0.5) is 10.6 Å². The molecule has 3 rings (SSSR count). The second-order valence-electron chi connectivity index (χ2n) is 4.91. The smallest absolute Gasteiger partial charge is 0.278 e. The fourth-order valence-electron chi connectivity index (χ4n) is 2.47. The van der Waals surface area contributed by atoms with Gasteiger partial charge in [0.1, 0.15) is 0 Å². The van der Waals surface area contributed by atoms with Gasteiger partial charge in [-0.3, -0.25) is 19.7 Å². The molecule has 22 heavy (non-hydrogen) atoms.